The fourth-order valence-corrected chi connectivity index (χ4v) is 2.30. The van der Waals surface area contributed by atoms with Gasteiger partial charge in [0.1, 0.15) is 23.1 Å². The monoisotopic (exact) mass is 319 g/mol. The minimum atomic E-state index is -0.449. The van der Waals surface area contributed by atoms with Crippen molar-refractivity contribution in [2.24, 2.45) is 0 Å². The first-order valence-electron chi connectivity index (χ1n) is 7.05. The van der Waals surface area contributed by atoms with Gasteiger partial charge in [-0.25, -0.2) is 9.78 Å². The van der Waals surface area contributed by atoms with Gasteiger partial charge in [-0.05, 0) is 26.3 Å². The van der Waals surface area contributed by atoms with Crippen LogP contribution in [0.3, 0.4) is 0 Å². The van der Waals surface area contributed by atoms with Gasteiger partial charge in [0.2, 0.25) is 0 Å². The molecule has 0 saturated heterocycles. The summed E-state index contributed by atoms with van der Waals surface area (Å²) >= 11 is 6.11. The van der Waals surface area contributed by atoms with E-state index in [1.807, 2.05) is 30.3 Å². The Labute approximate surface area is 135 Å². The molecule has 0 fully saturated rings. The Morgan fingerprint density at radius 2 is 1.91 bits per heavy atom. The lowest BCUT2D eigenvalue weighted by Gasteiger charge is -2.16. The Kier molecular flexibility index (Phi) is 5.39. The van der Waals surface area contributed by atoms with Gasteiger partial charge in [-0.15, -0.1) is 0 Å². The van der Waals surface area contributed by atoms with Gasteiger partial charge in [0.15, 0.2) is 0 Å². The predicted octanol–water partition coefficient (Wildman–Crippen LogP) is 4.11. The third-order valence-electron chi connectivity index (χ3n) is 3.21. The first-order valence-corrected chi connectivity index (χ1v) is 7.43. The Morgan fingerprint density at radius 1 is 1.23 bits per heavy atom. The van der Waals surface area contributed by atoms with E-state index in [-0.39, 0.29) is 6.61 Å². The molecule has 0 saturated carbocycles. The smallest absolute Gasteiger partial charge is 0.343 e. The summed E-state index contributed by atoms with van der Waals surface area (Å²) in [5.41, 5.74) is 2.46. The van der Waals surface area contributed by atoms with Crippen molar-refractivity contribution in [2.75, 3.05) is 6.61 Å². The molecule has 0 bridgehead atoms. The molecule has 4 nitrogen and oxygen atoms in total. The van der Waals surface area contributed by atoms with Crippen molar-refractivity contribution in [3.8, 4) is 5.75 Å². The predicted molar refractivity (Wildman–Crippen MR) is 85.5 cm³/mol. The molecule has 0 atom stereocenters. The minimum Gasteiger partial charge on any atom is -0.488 e. The summed E-state index contributed by atoms with van der Waals surface area (Å²) in [5, 5.41) is 0.327. The maximum absolute atomic E-state index is 12.2. The normalized spacial score (nSPS) is 10.4. The highest BCUT2D eigenvalue weighted by atomic mass is 35.5. The number of rotatable bonds is 5. The second-order valence-corrected chi connectivity index (χ2v) is 5.17. The summed E-state index contributed by atoms with van der Waals surface area (Å²) in [6.07, 6.45) is 0. The molecule has 1 heterocycles. The van der Waals surface area contributed by atoms with E-state index in [4.69, 9.17) is 21.1 Å². The number of ether oxygens (including phenoxy) is 2. The van der Waals surface area contributed by atoms with Crippen LogP contribution < -0.4 is 4.74 Å². The second kappa shape index (κ2) is 7.27. The molecule has 2 aromatic rings. The number of esters is 1. The first-order chi connectivity index (χ1) is 10.5. The number of hydrogen-bond donors (Lipinski definition) is 0. The van der Waals surface area contributed by atoms with Gasteiger partial charge in [-0.3, -0.25) is 0 Å². The number of aryl methyl sites for hydroxylation is 1. The highest BCUT2D eigenvalue weighted by Crippen LogP contribution is 2.31. The van der Waals surface area contributed by atoms with Crippen LogP contribution in [0.2, 0.25) is 5.15 Å². The maximum atomic E-state index is 12.2. The number of pyridine rings is 1. The summed E-state index contributed by atoms with van der Waals surface area (Å²) in [4.78, 5) is 16.4. The van der Waals surface area contributed by atoms with Crippen LogP contribution in [0, 0.1) is 13.8 Å². The largest absolute Gasteiger partial charge is 0.488 e. The molecule has 0 N–H and O–H groups in total. The molecule has 0 amide bonds. The summed E-state index contributed by atoms with van der Waals surface area (Å²) < 4.78 is 11.0. The van der Waals surface area contributed by atoms with Crippen molar-refractivity contribution in [2.45, 2.75) is 27.4 Å². The van der Waals surface area contributed by atoms with E-state index in [1.54, 1.807) is 20.8 Å². The van der Waals surface area contributed by atoms with E-state index >= 15 is 0 Å². The highest BCUT2D eigenvalue weighted by molar-refractivity contribution is 6.30. The molecule has 116 valence electrons. The van der Waals surface area contributed by atoms with Crippen LogP contribution in [-0.2, 0) is 11.3 Å². The molecule has 0 aliphatic heterocycles. The van der Waals surface area contributed by atoms with Crippen LogP contribution >= 0.6 is 11.6 Å². The van der Waals surface area contributed by atoms with Gasteiger partial charge in [-0.1, -0.05) is 41.9 Å². The summed E-state index contributed by atoms with van der Waals surface area (Å²) in [5.74, 6) is -0.0184. The standard InChI is InChI=1S/C17H18ClNO3/c1-4-21-17(20)14-12(3)19-16(18)11(2)15(14)22-10-13-8-6-5-7-9-13/h5-9H,4,10H2,1-3H3. The molecule has 2 rings (SSSR count). The highest BCUT2D eigenvalue weighted by Gasteiger charge is 2.22. The average molecular weight is 320 g/mol. The van der Waals surface area contributed by atoms with Gasteiger partial charge < -0.3 is 9.47 Å². The molecule has 0 aliphatic rings. The number of halogens is 1. The lowest BCUT2D eigenvalue weighted by Crippen LogP contribution is -2.12. The van der Waals surface area contributed by atoms with Gasteiger partial charge >= 0.3 is 5.97 Å². The first kappa shape index (κ1) is 16.3. The Morgan fingerprint density at radius 3 is 2.55 bits per heavy atom. The third-order valence-corrected chi connectivity index (χ3v) is 3.58. The van der Waals surface area contributed by atoms with E-state index in [0.717, 1.165) is 5.56 Å². The number of carbonyl (C=O) groups is 1. The van der Waals surface area contributed by atoms with Crippen molar-refractivity contribution in [1.29, 1.82) is 0 Å². The molecule has 0 aliphatic carbocycles. The summed E-state index contributed by atoms with van der Waals surface area (Å²) in [7, 11) is 0. The molecular weight excluding hydrogens is 302 g/mol. The van der Waals surface area contributed by atoms with Gasteiger partial charge in [0.25, 0.3) is 0 Å². The average Bonchev–Trinajstić information content (AvgIpc) is 2.50. The van der Waals surface area contributed by atoms with Crippen LogP contribution in [0.25, 0.3) is 0 Å². The molecule has 0 unspecified atom stereocenters. The van der Waals surface area contributed by atoms with Gasteiger partial charge in [0.05, 0.1) is 12.3 Å². The Bertz CT molecular complexity index is 671. The number of benzene rings is 1. The Hall–Kier alpha value is -2.07. The van der Waals surface area contributed by atoms with Crippen molar-refractivity contribution in [1.82, 2.24) is 4.98 Å². The fraction of sp³-hybridized carbons (Fsp3) is 0.294. The molecule has 1 aromatic heterocycles. The Balaban J connectivity index is 2.37. The number of hydrogen-bond acceptors (Lipinski definition) is 4. The fourth-order valence-electron chi connectivity index (χ4n) is 2.09. The topological polar surface area (TPSA) is 48.4 Å². The van der Waals surface area contributed by atoms with Crippen molar-refractivity contribution < 1.29 is 14.3 Å². The van der Waals surface area contributed by atoms with Crippen LogP contribution in [0.15, 0.2) is 30.3 Å². The number of nitrogens with zero attached hydrogens (tertiary/aromatic N) is 1. The molecule has 0 radical (unpaired) electrons. The van der Waals surface area contributed by atoms with E-state index in [0.29, 0.717) is 34.3 Å². The minimum absolute atomic E-state index is 0.290. The van der Waals surface area contributed by atoms with Crippen LogP contribution in [0.4, 0.5) is 0 Å². The number of aromatic nitrogens is 1. The molecular formula is C17H18ClNO3. The lowest BCUT2D eigenvalue weighted by atomic mass is 10.1. The van der Waals surface area contributed by atoms with Crippen LogP contribution in [0.1, 0.15) is 34.1 Å². The SMILES string of the molecule is CCOC(=O)c1c(C)nc(Cl)c(C)c1OCc1ccccc1. The van der Waals surface area contributed by atoms with Crippen LogP contribution in [0.5, 0.6) is 5.75 Å². The quantitative estimate of drug-likeness (QED) is 0.614. The number of carbonyl (C=O) groups excluding carboxylic acids is 1. The zero-order valence-electron chi connectivity index (χ0n) is 12.9. The second-order valence-electron chi connectivity index (χ2n) is 4.81. The summed E-state index contributed by atoms with van der Waals surface area (Å²) in [6, 6.07) is 9.71. The zero-order chi connectivity index (χ0) is 16.1. The van der Waals surface area contributed by atoms with Gasteiger partial charge in [0, 0.05) is 5.56 Å². The molecule has 0 spiro atoms. The maximum Gasteiger partial charge on any atom is 0.343 e. The molecule has 22 heavy (non-hydrogen) atoms. The summed E-state index contributed by atoms with van der Waals surface area (Å²) in [6.45, 7) is 5.88. The van der Waals surface area contributed by atoms with E-state index in [9.17, 15) is 4.79 Å². The molecule has 1 aromatic carbocycles. The molecule has 5 heteroatoms. The van der Waals surface area contributed by atoms with E-state index < -0.39 is 5.97 Å². The van der Waals surface area contributed by atoms with E-state index in [2.05, 4.69) is 4.98 Å². The van der Waals surface area contributed by atoms with Gasteiger partial charge in [-0.2, -0.15) is 0 Å². The van der Waals surface area contributed by atoms with Crippen molar-refractivity contribution in [3.63, 3.8) is 0 Å². The lowest BCUT2D eigenvalue weighted by molar-refractivity contribution is 0.0519. The van der Waals surface area contributed by atoms with Crippen molar-refractivity contribution >= 4 is 17.6 Å². The zero-order valence-corrected chi connectivity index (χ0v) is 13.6. The van der Waals surface area contributed by atoms with Crippen LogP contribution in [-0.4, -0.2) is 17.6 Å². The van der Waals surface area contributed by atoms with Crippen molar-refractivity contribution in [3.05, 3.63) is 57.9 Å². The third kappa shape index (κ3) is 3.57. The van der Waals surface area contributed by atoms with E-state index in [1.165, 1.54) is 0 Å².